The van der Waals surface area contributed by atoms with Crippen molar-refractivity contribution in [2.75, 3.05) is 30.5 Å². The van der Waals surface area contributed by atoms with Crippen molar-refractivity contribution in [3.05, 3.63) is 40.6 Å². The van der Waals surface area contributed by atoms with Crippen molar-refractivity contribution in [1.82, 2.24) is 0 Å². The van der Waals surface area contributed by atoms with E-state index < -0.39 is 10.0 Å². The fourth-order valence-corrected chi connectivity index (χ4v) is 4.63. The number of hydrogen-bond acceptors (Lipinski definition) is 6. The second-order valence-corrected chi connectivity index (χ2v) is 8.11. The second-order valence-electron chi connectivity index (χ2n) is 5.59. The zero-order valence-electron chi connectivity index (χ0n) is 14.4. The maximum atomic E-state index is 12.6. The van der Waals surface area contributed by atoms with Crippen molar-refractivity contribution < 1.29 is 17.9 Å². The first-order valence-corrected chi connectivity index (χ1v) is 10.4. The van der Waals surface area contributed by atoms with Gasteiger partial charge in [0.2, 0.25) is 0 Å². The third kappa shape index (κ3) is 3.64. The highest BCUT2D eigenvalue weighted by Crippen LogP contribution is 2.34. The molecule has 1 aliphatic heterocycles. The lowest BCUT2D eigenvalue weighted by Crippen LogP contribution is -2.37. The van der Waals surface area contributed by atoms with Gasteiger partial charge in [0.1, 0.15) is 10.7 Å². The molecular weight excluding hydrogens is 374 g/mol. The molecule has 2 heterocycles. The van der Waals surface area contributed by atoms with E-state index in [1.165, 1.54) is 17.4 Å². The highest BCUT2D eigenvalue weighted by Gasteiger charge is 2.30. The van der Waals surface area contributed by atoms with Gasteiger partial charge in [-0.25, -0.2) is 0 Å². The summed E-state index contributed by atoms with van der Waals surface area (Å²) in [4.78, 5) is 14.7. The molecule has 0 spiro atoms. The molecule has 1 amide bonds. The number of nitrogens with zero attached hydrogens (tertiary/aromatic N) is 2. The largest absolute Gasteiger partial charge is 0.383 e. The number of amidine groups is 1. The van der Waals surface area contributed by atoms with Gasteiger partial charge in [0, 0.05) is 25.8 Å². The number of rotatable bonds is 6. The third-order valence-corrected chi connectivity index (χ3v) is 6.11. The third-order valence-electron chi connectivity index (χ3n) is 3.90. The highest BCUT2D eigenvalue weighted by molar-refractivity contribution is 7.90. The Morgan fingerprint density at radius 2 is 2.15 bits per heavy atom. The number of carbonyl (C=O) groups is 1. The number of fused-ring (bicyclic) bond motifs is 1. The topological polar surface area (TPSA) is 88.1 Å². The summed E-state index contributed by atoms with van der Waals surface area (Å²) in [5, 5.41) is 4.54. The van der Waals surface area contributed by atoms with Crippen molar-refractivity contribution in [1.29, 1.82) is 0 Å². The summed E-state index contributed by atoms with van der Waals surface area (Å²) >= 11 is 1.32. The van der Waals surface area contributed by atoms with Gasteiger partial charge in [-0.2, -0.15) is 8.42 Å². The van der Waals surface area contributed by atoms with Crippen LogP contribution in [-0.4, -0.2) is 40.4 Å². The zero-order valence-corrected chi connectivity index (χ0v) is 16.1. The molecule has 0 unspecified atom stereocenters. The summed E-state index contributed by atoms with van der Waals surface area (Å²) in [5.74, 6) is 0.201. The van der Waals surface area contributed by atoms with Crippen LogP contribution in [0.4, 0.5) is 11.4 Å². The Morgan fingerprint density at radius 1 is 1.35 bits per heavy atom. The lowest BCUT2D eigenvalue weighted by Gasteiger charge is -2.30. The fraction of sp³-hybridized carbons (Fsp3) is 0.294. The Labute approximate surface area is 156 Å². The van der Waals surface area contributed by atoms with Gasteiger partial charge in [-0.1, -0.05) is 13.0 Å². The first kappa shape index (κ1) is 18.6. The summed E-state index contributed by atoms with van der Waals surface area (Å²) in [6.07, 6.45) is 0.485. The molecule has 1 N–H and O–H groups in total. The van der Waals surface area contributed by atoms with Gasteiger partial charge in [0.05, 0.1) is 17.2 Å². The van der Waals surface area contributed by atoms with E-state index in [2.05, 4.69) is 9.71 Å². The predicted molar refractivity (Wildman–Crippen MR) is 103 cm³/mol. The Bertz CT molecular complexity index is 937. The number of amides is 1. The van der Waals surface area contributed by atoms with Crippen LogP contribution in [0.15, 0.2) is 45.0 Å². The molecule has 7 nitrogen and oxygen atoms in total. The molecule has 1 aliphatic rings. The first-order chi connectivity index (χ1) is 12.5. The molecule has 0 fully saturated rings. The summed E-state index contributed by atoms with van der Waals surface area (Å²) in [5.41, 5.74) is 0.954. The minimum absolute atomic E-state index is 0.0785. The number of benzene rings is 1. The quantitative estimate of drug-likeness (QED) is 0.815. The van der Waals surface area contributed by atoms with Crippen LogP contribution in [-0.2, 0) is 14.8 Å². The van der Waals surface area contributed by atoms with Crippen molar-refractivity contribution in [2.24, 2.45) is 4.40 Å². The van der Waals surface area contributed by atoms with Crippen LogP contribution in [0.3, 0.4) is 0 Å². The fourth-order valence-electron chi connectivity index (χ4n) is 2.69. The van der Waals surface area contributed by atoms with E-state index in [1.807, 2.05) is 11.8 Å². The summed E-state index contributed by atoms with van der Waals surface area (Å²) in [6, 6.07) is 8.33. The molecule has 1 aromatic carbocycles. The number of sulfonamides is 1. The summed E-state index contributed by atoms with van der Waals surface area (Å²) < 4.78 is 34.2. The van der Waals surface area contributed by atoms with E-state index in [-0.39, 0.29) is 10.8 Å². The molecule has 1 aromatic heterocycles. The zero-order chi connectivity index (χ0) is 18.7. The number of anilines is 2. The maximum Gasteiger partial charge on any atom is 0.286 e. The van der Waals surface area contributed by atoms with Crippen LogP contribution < -0.4 is 10.2 Å². The molecule has 0 saturated carbocycles. The van der Waals surface area contributed by atoms with E-state index in [1.54, 1.807) is 36.8 Å². The second kappa shape index (κ2) is 7.56. The Kier molecular flexibility index (Phi) is 5.40. The van der Waals surface area contributed by atoms with E-state index >= 15 is 0 Å². The number of hydrogen-bond donors (Lipinski definition) is 1. The van der Waals surface area contributed by atoms with E-state index in [0.29, 0.717) is 41.7 Å². The molecule has 0 radical (unpaired) electrons. The smallest absolute Gasteiger partial charge is 0.286 e. The van der Waals surface area contributed by atoms with Crippen LogP contribution in [0.2, 0.25) is 0 Å². The average Bonchev–Trinajstić information content (AvgIpc) is 3.15. The molecule has 26 heavy (non-hydrogen) atoms. The minimum atomic E-state index is -3.82. The summed E-state index contributed by atoms with van der Waals surface area (Å²) in [7, 11) is -2.23. The van der Waals surface area contributed by atoms with Crippen molar-refractivity contribution in [3.63, 3.8) is 0 Å². The minimum Gasteiger partial charge on any atom is -0.383 e. The molecular formula is C17H19N3O4S2. The number of ether oxygens (including phenoxy) is 1. The van der Waals surface area contributed by atoms with Crippen molar-refractivity contribution in [2.45, 2.75) is 18.2 Å². The molecule has 0 saturated heterocycles. The maximum absolute atomic E-state index is 12.6. The van der Waals surface area contributed by atoms with Gasteiger partial charge in [-0.15, -0.1) is 15.7 Å². The molecule has 0 atom stereocenters. The lowest BCUT2D eigenvalue weighted by molar-refractivity contribution is 0.103. The predicted octanol–water partition coefficient (Wildman–Crippen LogP) is 2.96. The molecule has 3 rings (SSSR count). The molecule has 138 valence electrons. The van der Waals surface area contributed by atoms with Gasteiger partial charge in [0.15, 0.2) is 0 Å². The number of nitrogens with one attached hydrogen (secondary N) is 1. The van der Waals surface area contributed by atoms with Crippen LogP contribution in [0.25, 0.3) is 0 Å². The molecule has 0 aliphatic carbocycles. The van der Waals surface area contributed by atoms with E-state index in [4.69, 9.17) is 4.74 Å². The Morgan fingerprint density at radius 3 is 2.81 bits per heavy atom. The van der Waals surface area contributed by atoms with Gasteiger partial charge in [0.25, 0.3) is 15.9 Å². The van der Waals surface area contributed by atoms with E-state index in [9.17, 15) is 13.2 Å². The van der Waals surface area contributed by atoms with Gasteiger partial charge < -0.3 is 15.0 Å². The lowest BCUT2D eigenvalue weighted by atomic mass is 10.2. The Balaban J connectivity index is 1.96. The van der Waals surface area contributed by atoms with E-state index in [0.717, 1.165) is 0 Å². The van der Waals surface area contributed by atoms with Crippen LogP contribution >= 0.6 is 11.3 Å². The number of carbonyl (C=O) groups excluding carboxylic acids is 1. The van der Waals surface area contributed by atoms with Crippen molar-refractivity contribution >= 4 is 44.5 Å². The SMILES string of the molecule is CCC1=NS(=O)(=O)c2cc(NC(=O)c3cccs3)ccc2N1CCOC. The molecule has 9 heteroatoms. The first-order valence-electron chi connectivity index (χ1n) is 8.05. The number of methoxy groups -OCH3 is 1. The van der Waals surface area contributed by atoms with Gasteiger partial charge >= 0.3 is 0 Å². The monoisotopic (exact) mass is 393 g/mol. The standard InChI is InChI=1S/C17H19N3O4S2/c1-3-16-19-26(22,23)15-11-12(18-17(21)14-5-4-10-25-14)6-7-13(15)20(16)8-9-24-2/h4-7,10-11H,3,8-9H2,1-2H3,(H,18,21). The average molecular weight is 393 g/mol. The van der Waals surface area contributed by atoms with Crippen molar-refractivity contribution in [3.8, 4) is 0 Å². The van der Waals surface area contributed by atoms with Crippen LogP contribution in [0.1, 0.15) is 23.0 Å². The van der Waals surface area contributed by atoms with Gasteiger partial charge in [-0.3, -0.25) is 4.79 Å². The number of thiophene rings is 1. The van der Waals surface area contributed by atoms with Crippen LogP contribution in [0, 0.1) is 0 Å². The summed E-state index contributed by atoms with van der Waals surface area (Å²) in [6.45, 7) is 2.79. The highest BCUT2D eigenvalue weighted by atomic mass is 32.2. The van der Waals surface area contributed by atoms with Crippen LogP contribution in [0.5, 0.6) is 0 Å². The molecule has 2 aromatic rings. The van der Waals surface area contributed by atoms with Gasteiger partial charge in [-0.05, 0) is 29.6 Å². The molecule has 0 bridgehead atoms. The normalized spacial score (nSPS) is 15.3. The Hall–Kier alpha value is -2.23.